The van der Waals surface area contributed by atoms with E-state index in [-0.39, 0.29) is 31.2 Å². The lowest BCUT2D eigenvalue weighted by Crippen LogP contribution is -2.53. The van der Waals surface area contributed by atoms with Crippen LogP contribution >= 0.6 is 0 Å². The summed E-state index contributed by atoms with van der Waals surface area (Å²) < 4.78 is 23.1. The van der Waals surface area contributed by atoms with Gasteiger partial charge in [-0.2, -0.15) is 0 Å². The van der Waals surface area contributed by atoms with Crippen LogP contribution in [0.3, 0.4) is 0 Å². The van der Waals surface area contributed by atoms with E-state index in [1.807, 2.05) is 6.07 Å². The number of amides is 1. The highest BCUT2D eigenvalue weighted by atomic mass is 16.5. The molecule has 256 valence electrons. The summed E-state index contributed by atoms with van der Waals surface area (Å²) in [6, 6.07) is 26.0. The van der Waals surface area contributed by atoms with Gasteiger partial charge in [-0.05, 0) is 47.0 Å². The molecule has 2 atom stereocenters. The first-order valence-corrected chi connectivity index (χ1v) is 15.6. The predicted molar refractivity (Wildman–Crippen MR) is 185 cm³/mol. The van der Waals surface area contributed by atoms with Crippen molar-refractivity contribution in [3.63, 3.8) is 0 Å². The van der Waals surface area contributed by atoms with E-state index in [1.165, 1.54) is 0 Å². The molecule has 0 aromatic heterocycles. The number of aliphatic hydroxyl groups is 1. The van der Waals surface area contributed by atoms with E-state index in [9.17, 15) is 15.9 Å². The first kappa shape index (κ1) is 35.1. The minimum Gasteiger partial charge on any atom is -0.497 e. The summed E-state index contributed by atoms with van der Waals surface area (Å²) in [6.45, 7) is 0.533. The minimum absolute atomic E-state index is 0.0108. The zero-order valence-electron chi connectivity index (χ0n) is 27.4. The van der Waals surface area contributed by atoms with Crippen molar-refractivity contribution in [2.75, 3.05) is 27.4 Å². The van der Waals surface area contributed by atoms with E-state index in [1.54, 1.807) is 99.1 Å². The number of hydrazine groups is 1. The van der Waals surface area contributed by atoms with E-state index < -0.39 is 17.6 Å². The minimum atomic E-state index is -1.72. The molecule has 0 unspecified atom stereocenters. The maximum atomic E-state index is 14.7. The SMILES string of the molecule is COc1ccc(CNNC(=O)[C@@]2(Cc3ccccc3N=[N+]=[N-])N=C(c3ccc(OCCCO)cc3)O[C@H]2c2ccccc2N=[N+]=[N-])c(OC)c1. The van der Waals surface area contributed by atoms with Crippen LogP contribution in [-0.2, 0) is 22.5 Å². The molecular weight excluding hydrogens is 642 g/mol. The molecule has 1 heterocycles. The molecule has 3 N–H and O–H groups in total. The lowest BCUT2D eigenvalue weighted by Gasteiger charge is -2.31. The fourth-order valence-corrected chi connectivity index (χ4v) is 5.53. The zero-order chi connectivity index (χ0) is 35.3. The van der Waals surface area contributed by atoms with E-state index >= 15 is 0 Å². The Morgan fingerprint density at radius 2 is 1.62 bits per heavy atom. The molecule has 0 bridgehead atoms. The number of carbonyl (C=O) groups excluding carboxylic acids is 1. The Hall–Kier alpha value is -6.24. The Morgan fingerprint density at radius 1 is 0.920 bits per heavy atom. The molecule has 4 aromatic carbocycles. The van der Waals surface area contributed by atoms with Crippen LogP contribution in [0.4, 0.5) is 11.4 Å². The monoisotopic (exact) mass is 677 g/mol. The summed E-state index contributed by atoms with van der Waals surface area (Å²) in [6.07, 6.45) is -0.683. The number of rotatable bonds is 16. The Morgan fingerprint density at radius 3 is 2.34 bits per heavy atom. The number of azide groups is 2. The third-order valence-corrected chi connectivity index (χ3v) is 7.98. The largest absolute Gasteiger partial charge is 0.497 e. The van der Waals surface area contributed by atoms with Crippen molar-refractivity contribution in [3.8, 4) is 17.2 Å². The third kappa shape index (κ3) is 7.89. The highest BCUT2D eigenvalue weighted by Gasteiger charge is 2.54. The van der Waals surface area contributed by atoms with Gasteiger partial charge in [-0.25, -0.2) is 10.4 Å². The quantitative estimate of drug-likeness (QED) is 0.0385. The summed E-state index contributed by atoms with van der Waals surface area (Å²) >= 11 is 0. The highest BCUT2D eigenvalue weighted by molar-refractivity contribution is 6.01. The number of ether oxygens (including phenoxy) is 4. The fraction of sp³-hybridized carbons (Fsp3) is 0.257. The summed E-state index contributed by atoms with van der Waals surface area (Å²) in [5.41, 5.74) is 25.6. The lowest BCUT2D eigenvalue weighted by atomic mass is 9.81. The summed E-state index contributed by atoms with van der Waals surface area (Å²) in [7, 11) is 3.10. The predicted octanol–water partition coefficient (Wildman–Crippen LogP) is 6.67. The first-order valence-electron chi connectivity index (χ1n) is 15.6. The van der Waals surface area contributed by atoms with Gasteiger partial charge < -0.3 is 24.1 Å². The van der Waals surface area contributed by atoms with Crippen LogP contribution in [0.25, 0.3) is 20.9 Å². The number of nitrogens with zero attached hydrogens (tertiary/aromatic N) is 7. The standard InChI is InChI=1S/C35H35N9O6/c1-47-27-17-14-25(31(20-27)48-2)22-38-42-34(46)35(21-24-8-3-5-10-29(24)40-43-36)32(28-9-4-6-11-30(28)41-44-37)50-33(39-35)23-12-15-26(16-13-23)49-19-7-18-45/h3-6,8-17,20,32,38,45H,7,18-19,21-22H2,1-2H3,(H,42,46)/t32-,35-/m0/s1. The molecule has 15 nitrogen and oxygen atoms in total. The van der Waals surface area contributed by atoms with Crippen molar-refractivity contribution >= 4 is 23.2 Å². The molecule has 5 rings (SSSR count). The van der Waals surface area contributed by atoms with Crippen molar-refractivity contribution in [1.82, 2.24) is 10.9 Å². The van der Waals surface area contributed by atoms with E-state index in [4.69, 9.17) is 29.0 Å². The van der Waals surface area contributed by atoms with E-state index in [0.717, 1.165) is 5.56 Å². The molecule has 1 amide bonds. The van der Waals surface area contributed by atoms with Crippen LogP contribution < -0.4 is 25.1 Å². The Kier molecular flexibility index (Phi) is 11.7. The zero-order valence-corrected chi connectivity index (χ0v) is 27.4. The van der Waals surface area contributed by atoms with Crippen LogP contribution in [0.1, 0.15) is 34.8 Å². The molecule has 50 heavy (non-hydrogen) atoms. The Bertz CT molecular complexity index is 1940. The third-order valence-electron chi connectivity index (χ3n) is 7.98. The Labute approximate surface area is 287 Å². The molecular formula is C35H35N9O6. The number of nitrogens with one attached hydrogen (secondary N) is 2. The van der Waals surface area contributed by atoms with Gasteiger partial charge in [0.25, 0.3) is 5.91 Å². The van der Waals surface area contributed by atoms with Crippen LogP contribution in [0, 0.1) is 0 Å². The molecule has 0 fully saturated rings. The number of aliphatic hydroxyl groups excluding tert-OH is 1. The molecule has 0 saturated carbocycles. The number of carbonyl (C=O) groups is 1. The summed E-state index contributed by atoms with van der Waals surface area (Å²) in [5, 5.41) is 16.8. The number of benzene rings is 4. The van der Waals surface area contributed by atoms with Crippen LogP contribution in [-0.4, -0.2) is 49.9 Å². The van der Waals surface area contributed by atoms with Gasteiger partial charge in [0.1, 0.15) is 17.2 Å². The van der Waals surface area contributed by atoms with Gasteiger partial charge in [-0.1, -0.05) is 64.8 Å². The van der Waals surface area contributed by atoms with Gasteiger partial charge in [0.15, 0.2) is 11.6 Å². The second-order valence-corrected chi connectivity index (χ2v) is 11.0. The van der Waals surface area contributed by atoms with Crippen LogP contribution in [0.15, 0.2) is 106 Å². The summed E-state index contributed by atoms with van der Waals surface area (Å²) in [4.78, 5) is 25.6. The van der Waals surface area contributed by atoms with Gasteiger partial charge in [-0.15, -0.1) is 0 Å². The number of aliphatic imine (C=N–C) groups is 1. The fourth-order valence-electron chi connectivity index (χ4n) is 5.53. The molecule has 15 heteroatoms. The van der Waals surface area contributed by atoms with Crippen LogP contribution in [0.2, 0.25) is 0 Å². The Balaban J connectivity index is 1.60. The second kappa shape index (κ2) is 16.7. The van der Waals surface area contributed by atoms with Gasteiger partial charge >= 0.3 is 0 Å². The molecule has 4 aromatic rings. The van der Waals surface area contributed by atoms with Gasteiger partial charge in [0.05, 0.1) is 20.8 Å². The average molecular weight is 678 g/mol. The van der Waals surface area contributed by atoms with Crippen molar-refractivity contribution in [3.05, 3.63) is 134 Å². The number of methoxy groups -OCH3 is 2. The average Bonchev–Trinajstić information content (AvgIpc) is 3.53. The smallest absolute Gasteiger partial charge is 0.266 e. The van der Waals surface area contributed by atoms with Gasteiger partial charge in [-0.3, -0.25) is 10.2 Å². The normalized spacial score (nSPS) is 16.2. The van der Waals surface area contributed by atoms with Gasteiger partial charge in [0.2, 0.25) is 5.90 Å². The second-order valence-electron chi connectivity index (χ2n) is 11.0. The molecule has 1 aliphatic heterocycles. The molecule has 0 aliphatic carbocycles. The van der Waals surface area contributed by atoms with Crippen molar-refractivity contribution in [1.29, 1.82) is 0 Å². The van der Waals surface area contributed by atoms with E-state index in [2.05, 4.69) is 30.9 Å². The lowest BCUT2D eigenvalue weighted by molar-refractivity contribution is -0.130. The van der Waals surface area contributed by atoms with Crippen molar-refractivity contribution in [2.45, 2.75) is 31.0 Å². The number of hydrogen-bond acceptors (Lipinski definition) is 10. The van der Waals surface area contributed by atoms with Crippen LogP contribution in [0.5, 0.6) is 17.2 Å². The maximum absolute atomic E-state index is 14.7. The highest BCUT2D eigenvalue weighted by Crippen LogP contribution is 2.46. The summed E-state index contributed by atoms with van der Waals surface area (Å²) in [5.74, 6) is 1.33. The van der Waals surface area contributed by atoms with Crippen molar-refractivity contribution in [2.24, 2.45) is 15.2 Å². The molecule has 1 aliphatic rings. The maximum Gasteiger partial charge on any atom is 0.266 e. The molecule has 0 radical (unpaired) electrons. The molecule has 0 spiro atoms. The van der Waals surface area contributed by atoms with E-state index in [0.29, 0.717) is 52.7 Å². The van der Waals surface area contributed by atoms with Gasteiger partial charge in [0, 0.05) is 69.9 Å². The topological polar surface area (TPSA) is 208 Å². The van der Waals surface area contributed by atoms with Crippen molar-refractivity contribution < 1.29 is 28.8 Å². The molecule has 0 saturated heterocycles. The number of hydrogen-bond donors (Lipinski definition) is 3. The first-order chi connectivity index (χ1) is 24.5.